The summed E-state index contributed by atoms with van der Waals surface area (Å²) in [4.78, 5) is 38.4. The van der Waals surface area contributed by atoms with Gasteiger partial charge in [-0.3, -0.25) is 14.5 Å². The van der Waals surface area contributed by atoms with Crippen molar-refractivity contribution < 1.29 is 18.8 Å². The molecule has 4 amide bonds. The molecule has 2 N–H and O–H groups in total. The summed E-state index contributed by atoms with van der Waals surface area (Å²) in [6, 6.07) is 11.2. The van der Waals surface area contributed by atoms with Crippen LogP contribution in [0.5, 0.6) is 0 Å². The number of rotatable bonds is 5. The average Bonchev–Trinajstić information content (AvgIpc) is 2.89. The first kappa shape index (κ1) is 18.8. The van der Waals surface area contributed by atoms with Crippen molar-refractivity contribution in [1.82, 2.24) is 10.2 Å². The van der Waals surface area contributed by atoms with Gasteiger partial charge < -0.3 is 10.6 Å². The molecule has 1 saturated heterocycles. The van der Waals surface area contributed by atoms with Crippen LogP contribution in [-0.2, 0) is 15.1 Å². The molecule has 0 aromatic heterocycles. The Bertz CT molecular complexity index is 886. The van der Waals surface area contributed by atoms with Crippen molar-refractivity contribution in [2.24, 2.45) is 0 Å². The van der Waals surface area contributed by atoms with Crippen LogP contribution in [0.3, 0.4) is 0 Å². The van der Waals surface area contributed by atoms with Gasteiger partial charge >= 0.3 is 6.03 Å². The Hall–Kier alpha value is -2.93. The summed E-state index contributed by atoms with van der Waals surface area (Å²) in [5.41, 5.74) is -0.278. The summed E-state index contributed by atoms with van der Waals surface area (Å²) in [5, 5.41) is 5.74. The lowest BCUT2D eigenvalue weighted by Gasteiger charge is -2.25. The normalized spacial score (nSPS) is 19.1. The molecule has 6 nitrogen and oxygen atoms in total. The van der Waals surface area contributed by atoms with Crippen LogP contribution < -0.4 is 10.6 Å². The molecular weight excluding hydrogens is 373 g/mol. The van der Waals surface area contributed by atoms with Crippen molar-refractivity contribution in [2.45, 2.75) is 18.9 Å². The Morgan fingerprint density at radius 3 is 2.37 bits per heavy atom. The van der Waals surface area contributed by atoms with E-state index in [-0.39, 0.29) is 0 Å². The van der Waals surface area contributed by atoms with E-state index >= 15 is 0 Å². The third-order valence-corrected chi connectivity index (χ3v) is 4.72. The van der Waals surface area contributed by atoms with Gasteiger partial charge in [-0.25, -0.2) is 9.18 Å². The highest BCUT2D eigenvalue weighted by atomic mass is 35.5. The average molecular weight is 390 g/mol. The highest BCUT2D eigenvalue weighted by Gasteiger charge is 2.51. The summed E-state index contributed by atoms with van der Waals surface area (Å²) in [7, 11) is 0. The third-order valence-electron chi connectivity index (χ3n) is 4.47. The predicted molar refractivity (Wildman–Crippen MR) is 98.7 cm³/mol. The summed E-state index contributed by atoms with van der Waals surface area (Å²) in [6.45, 7) is 1.33. The minimum atomic E-state index is -1.24. The lowest BCUT2D eigenvalue weighted by molar-refractivity contribution is -0.134. The monoisotopic (exact) mass is 389 g/mol. The molecule has 1 heterocycles. The molecule has 0 bridgehead atoms. The minimum Gasteiger partial charge on any atom is -0.325 e. The zero-order valence-corrected chi connectivity index (χ0v) is 15.2. The molecule has 8 heteroatoms. The molecule has 3 rings (SSSR count). The van der Waals surface area contributed by atoms with Crippen molar-refractivity contribution in [3.05, 3.63) is 64.9 Å². The number of hydrogen-bond donors (Lipinski definition) is 2. The van der Waals surface area contributed by atoms with E-state index in [2.05, 4.69) is 10.6 Å². The lowest BCUT2D eigenvalue weighted by atomic mass is 9.87. The highest BCUT2D eigenvalue weighted by Crippen LogP contribution is 2.33. The molecule has 1 fully saturated rings. The van der Waals surface area contributed by atoms with Crippen LogP contribution in [0.15, 0.2) is 48.5 Å². The second-order valence-corrected chi connectivity index (χ2v) is 6.58. The van der Waals surface area contributed by atoms with Crippen molar-refractivity contribution in [1.29, 1.82) is 0 Å². The number of nitrogens with one attached hydrogen (secondary N) is 2. The standard InChI is InChI=1S/C19H17ClFN3O3/c1-2-19(12-3-5-13(20)6-4-12)17(26)24(18(27)23-19)11-16(25)22-15-9-7-14(21)8-10-15/h3-10H,2,11H2,1H3,(H,22,25)(H,23,27)/t19-/m1/s1. The maximum atomic E-state index is 13.0. The van der Waals surface area contributed by atoms with E-state index in [1.54, 1.807) is 31.2 Å². The predicted octanol–water partition coefficient (Wildman–Crippen LogP) is 3.27. The van der Waals surface area contributed by atoms with Crippen LogP contribution in [0.25, 0.3) is 0 Å². The second kappa shape index (κ2) is 7.36. The van der Waals surface area contributed by atoms with Gasteiger partial charge in [-0.15, -0.1) is 0 Å². The first-order valence-electron chi connectivity index (χ1n) is 8.31. The van der Waals surface area contributed by atoms with Crippen molar-refractivity contribution in [3.63, 3.8) is 0 Å². The fourth-order valence-corrected chi connectivity index (χ4v) is 3.15. The van der Waals surface area contributed by atoms with Crippen LogP contribution >= 0.6 is 11.6 Å². The van der Waals surface area contributed by atoms with Gasteiger partial charge in [0.25, 0.3) is 5.91 Å². The van der Waals surface area contributed by atoms with Gasteiger partial charge in [0.15, 0.2) is 0 Å². The molecule has 0 radical (unpaired) electrons. The van der Waals surface area contributed by atoms with Gasteiger partial charge in [0.05, 0.1) is 0 Å². The number of carbonyl (C=O) groups is 3. The summed E-state index contributed by atoms with van der Waals surface area (Å²) < 4.78 is 12.9. The van der Waals surface area contributed by atoms with E-state index in [0.29, 0.717) is 22.7 Å². The molecule has 1 atom stereocenters. The van der Waals surface area contributed by atoms with E-state index in [1.165, 1.54) is 24.3 Å². The van der Waals surface area contributed by atoms with E-state index in [4.69, 9.17) is 11.6 Å². The number of amides is 4. The molecule has 140 valence electrons. The molecular formula is C19H17ClFN3O3. The number of benzene rings is 2. The maximum Gasteiger partial charge on any atom is 0.325 e. The molecule has 27 heavy (non-hydrogen) atoms. The Morgan fingerprint density at radius 2 is 1.78 bits per heavy atom. The SMILES string of the molecule is CC[C@]1(c2ccc(Cl)cc2)NC(=O)N(CC(=O)Nc2ccc(F)cc2)C1=O. The Labute approximate surface area is 160 Å². The van der Waals surface area contributed by atoms with E-state index in [9.17, 15) is 18.8 Å². The summed E-state index contributed by atoms with van der Waals surface area (Å²) in [5.74, 6) is -1.50. The minimum absolute atomic E-state index is 0.315. The van der Waals surface area contributed by atoms with Gasteiger partial charge in [-0.05, 0) is 48.4 Å². The zero-order valence-electron chi connectivity index (χ0n) is 14.5. The largest absolute Gasteiger partial charge is 0.325 e. The number of halogens is 2. The first-order valence-corrected chi connectivity index (χ1v) is 8.69. The van der Waals surface area contributed by atoms with Crippen LogP contribution in [0.1, 0.15) is 18.9 Å². The number of imide groups is 1. The molecule has 0 unspecified atom stereocenters. The quantitative estimate of drug-likeness (QED) is 0.770. The molecule has 1 aliphatic rings. The van der Waals surface area contributed by atoms with Crippen LogP contribution in [0, 0.1) is 5.82 Å². The van der Waals surface area contributed by atoms with Crippen LogP contribution in [-0.4, -0.2) is 29.3 Å². The number of nitrogens with zero attached hydrogens (tertiary/aromatic N) is 1. The van der Waals surface area contributed by atoms with Crippen molar-refractivity contribution in [2.75, 3.05) is 11.9 Å². The maximum absolute atomic E-state index is 13.0. The molecule has 0 saturated carbocycles. The first-order chi connectivity index (χ1) is 12.9. The molecule has 2 aromatic rings. The van der Waals surface area contributed by atoms with Crippen molar-refractivity contribution >= 4 is 35.1 Å². The van der Waals surface area contributed by atoms with E-state index in [0.717, 1.165) is 4.90 Å². The molecule has 0 aliphatic carbocycles. The smallest absolute Gasteiger partial charge is 0.325 e. The summed E-state index contributed by atoms with van der Waals surface area (Å²) >= 11 is 5.90. The molecule has 0 spiro atoms. The Kier molecular flexibility index (Phi) is 5.14. The molecule has 1 aliphatic heterocycles. The summed E-state index contributed by atoms with van der Waals surface area (Å²) in [6.07, 6.45) is 0.315. The zero-order chi connectivity index (χ0) is 19.6. The number of carbonyl (C=O) groups excluding carboxylic acids is 3. The van der Waals surface area contributed by atoms with E-state index in [1.807, 2.05) is 0 Å². The van der Waals surface area contributed by atoms with E-state index < -0.39 is 35.7 Å². The second-order valence-electron chi connectivity index (χ2n) is 6.14. The lowest BCUT2D eigenvalue weighted by Crippen LogP contribution is -2.44. The fourth-order valence-electron chi connectivity index (χ4n) is 3.02. The van der Waals surface area contributed by atoms with Gasteiger partial charge in [0.2, 0.25) is 5.91 Å². The number of hydrogen-bond acceptors (Lipinski definition) is 3. The fraction of sp³-hybridized carbons (Fsp3) is 0.211. The van der Waals surface area contributed by atoms with Gasteiger partial charge in [0, 0.05) is 10.7 Å². The van der Waals surface area contributed by atoms with Crippen molar-refractivity contribution in [3.8, 4) is 0 Å². The molecule has 2 aromatic carbocycles. The van der Waals surface area contributed by atoms with Crippen LogP contribution in [0.2, 0.25) is 5.02 Å². The Balaban J connectivity index is 1.77. The topological polar surface area (TPSA) is 78.5 Å². The Morgan fingerprint density at radius 1 is 1.15 bits per heavy atom. The van der Waals surface area contributed by atoms with Crippen LogP contribution in [0.4, 0.5) is 14.9 Å². The van der Waals surface area contributed by atoms with Gasteiger partial charge in [0.1, 0.15) is 17.9 Å². The highest BCUT2D eigenvalue weighted by molar-refractivity contribution is 6.30. The number of anilines is 1. The van der Waals surface area contributed by atoms with Gasteiger partial charge in [-0.1, -0.05) is 30.7 Å². The third kappa shape index (κ3) is 3.64. The van der Waals surface area contributed by atoms with Gasteiger partial charge in [-0.2, -0.15) is 0 Å². The number of urea groups is 1.